The molecule has 0 heterocycles. The van der Waals surface area contributed by atoms with Gasteiger partial charge in [-0.25, -0.2) is 0 Å². The first kappa shape index (κ1) is 12.7. The Kier molecular flexibility index (Phi) is 4.65. The smallest absolute Gasteiger partial charge is 0.108 e. The van der Waals surface area contributed by atoms with Crippen LogP contribution in [0.5, 0.6) is 0 Å². The van der Waals surface area contributed by atoms with Crippen molar-refractivity contribution < 1.29 is 9.84 Å². The lowest BCUT2D eigenvalue weighted by Crippen LogP contribution is -2.28. The zero-order valence-corrected chi connectivity index (χ0v) is 10.5. The summed E-state index contributed by atoms with van der Waals surface area (Å²) >= 11 is 0. The highest BCUT2D eigenvalue weighted by molar-refractivity contribution is 5.22. The normalized spacial score (nSPS) is 26.2. The summed E-state index contributed by atoms with van der Waals surface area (Å²) in [5.74, 6) is 6.76. The van der Waals surface area contributed by atoms with Crippen molar-refractivity contribution in [1.82, 2.24) is 0 Å². The van der Waals surface area contributed by atoms with Gasteiger partial charge >= 0.3 is 0 Å². The molecule has 0 bridgehead atoms. The van der Waals surface area contributed by atoms with E-state index in [0.717, 1.165) is 6.42 Å². The van der Waals surface area contributed by atoms with Crippen LogP contribution in [0.3, 0.4) is 0 Å². The van der Waals surface area contributed by atoms with Crippen molar-refractivity contribution in [2.45, 2.75) is 44.6 Å². The fraction of sp³-hybridized carbons (Fsp3) is 0.733. The third-order valence-corrected chi connectivity index (χ3v) is 3.91. The highest BCUT2D eigenvalue weighted by Gasteiger charge is 2.40. The maximum absolute atomic E-state index is 8.60. The number of rotatable bonds is 4. The highest BCUT2D eigenvalue weighted by Crippen LogP contribution is 2.45. The summed E-state index contributed by atoms with van der Waals surface area (Å²) < 4.78 is 5.93. The van der Waals surface area contributed by atoms with E-state index < -0.39 is 0 Å². The molecule has 17 heavy (non-hydrogen) atoms. The lowest BCUT2D eigenvalue weighted by atomic mass is 9.83. The van der Waals surface area contributed by atoms with Crippen LogP contribution in [0.4, 0.5) is 0 Å². The van der Waals surface area contributed by atoms with Crippen LogP contribution in [-0.2, 0) is 4.74 Å². The van der Waals surface area contributed by atoms with Crippen LogP contribution >= 0.6 is 0 Å². The SMILES string of the molecule is C=C1C[C@H]1[C@H](OCC#CCO)C1CCCCC1. The zero-order chi connectivity index (χ0) is 12.1. The first-order valence-electron chi connectivity index (χ1n) is 6.68. The monoisotopic (exact) mass is 234 g/mol. The summed E-state index contributed by atoms with van der Waals surface area (Å²) in [5.41, 5.74) is 1.34. The molecule has 0 radical (unpaired) electrons. The van der Waals surface area contributed by atoms with Crippen molar-refractivity contribution >= 4 is 0 Å². The fourth-order valence-electron chi connectivity index (χ4n) is 2.86. The Morgan fingerprint density at radius 3 is 2.59 bits per heavy atom. The zero-order valence-electron chi connectivity index (χ0n) is 10.5. The van der Waals surface area contributed by atoms with Gasteiger partial charge in [0.25, 0.3) is 0 Å². The van der Waals surface area contributed by atoms with Crippen LogP contribution in [0.2, 0.25) is 0 Å². The van der Waals surface area contributed by atoms with Crippen LogP contribution in [0.15, 0.2) is 12.2 Å². The van der Waals surface area contributed by atoms with Gasteiger partial charge in [0.2, 0.25) is 0 Å². The van der Waals surface area contributed by atoms with Gasteiger partial charge in [0.05, 0.1) is 6.10 Å². The van der Waals surface area contributed by atoms with Crippen LogP contribution < -0.4 is 0 Å². The van der Waals surface area contributed by atoms with Gasteiger partial charge < -0.3 is 9.84 Å². The van der Waals surface area contributed by atoms with Crippen molar-refractivity contribution in [3.05, 3.63) is 12.2 Å². The van der Waals surface area contributed by atoms with Crippen LogP contribution in [0, 0.1) is 23.7 Å². The van der Waals surface area contributed by atoms with E-state index in [2.05, 4.69) is 18.4 Å². The molecule has 94 valence electrons. The van der Waals surface area contributed by atoms with E-state index >= 15 is 0 Å². The average molecular weight is 234 g/mol. The molecule has 2 fully saturated rings. The second-order valence-electron chi connectivity index (χ2n) is 5.15. The standard InChI is InChI=1S/C15H22O2/c1-12-11-14(12)15(17-10-6-5-9-16)13-7-3-2-4-8-13/h13-16H,1-4,7-11H2/t14-,15-/m1/s1. The summed E-state index contributed by atoms with van der Waals surface area (Å²) in [4.78, 5) is 0. The van der Waals surface area contributed by atoms with Crippen molar-refractivity contribution in [3.63, 3.8) is 0 Å². The number of hydrogen-bond donors (Lipinski definition) is 1. The van der Waals surface area contributed by atoms with Gasteiger partial charge in [-0.15, -0.1) is 0 Å². The van der Waals surface area contributed by atoms with Crippen LogP contribution in [0.25, 0.3) is 0 Å². The molecule has 2 nitrogen and oxygen atoms in total. The van der Waals surface area contributed by atoms with Gasteiger partial charge in [0.1, 0.15) is 13.2 Å². The Balaban J connectivity index is 1.86. The minimum atomic E-state index is -0.0758. The Bertz CT molecular complexity index is 318. The Labute approximate surface area is 104 Å². The predicted molar refractivity (Wildman–Crippen MR) is 68.4 cm³/mol. The van der Waals surface area contributed by atoms with Crippen LogP contribution in [0.1, 0.15) is 38.5 Å². The second-order valence-corrected chi connectivity index (χ2v) is 5.15. The minimum Gasteiger partial charge on any atom is -0.384 e. The van der Waals surface area contributed by atoms with E-state index in [1.165, 1.54) is 37.7 Å². The summed E-state index contributed by atoms with van der Waals surface area (Å²) in [5, 5.41) is 8.60. The molecule has 2 aliphatic rings. The molecule has 2 saturated carbocycles. The van der Waals surface area contributed by atoms with E-state index in [1.54, 1.807) is 0 Å². The Morgan fingerprint density at radius 1 is 1.29 bits per heavy atom. The third kappa shape index (κ3) is 3.59. The number of aliphatic hydroxyl groups is 1. The molecular formula is C15H22O2. The molecule has 2 atom stereocenters. The van der Waals surface area contributed by atoms with E-state index in [-0.39, 0.29) is 6.61 Å². The quantitative estimate of drug-likeness (QED) is 0.598. The molecule has 0 spiro atoms. The summed E-state index contributed by atoms with van der Waals surface area (Å²) in [7, 11) is 0. The molecule has 0 unspecified atom stereocenters. The third-order valence-electron chi connectivity index (χ3n) is 3.91. The van der Waals surface area contributed by atoms with Gasteiger partial charge in [0.15, 0.2) is 0 Å². The van der Waals surface area contributed by atoms with E-state index in [1.807, 2.05) is 0 Å². The molecule has 0 aromatic heterocycles. The predicted octanol–water partition coefficient (Wildman–Crippen LogP) is 2.52. The van der Waals surface area contributed by atoms with E-state index in [9.17, 15) is 0 Å². The molecule has 0 aromatic rings. The Hall–Kier alpha value is -0.780. The largest absolute Gasteiger partial charge is 0.384 e. The summed E-state index contributed by atoms with van der Waals surface area (Å²) in [6.07, 6.45) is 8.10. The fourth-order valence-corrected chi connectivity index (χ4v) is 2.86. The molecule has 0 aliphatic heterocycles. The maximum Gasteiger partial charge on any atom is 0.108 e. The van der Waals surface area contributed by atoms with Gasteiger partial charge in [-0.2, -0.15) is 0 Å². The van der Waals surface area contributed by atoms with Crippen molar-refractivity contribution in [3.8, 4) is 11.8 Å². The Morgan fingerprint density at radius 2 is 2.00 bits per heavy atom. The summed E-state index contributed by atoms with van der Waals surface area (Å²) in [6, 6.07) is 0. The van der Waals surface area contributed by atoms with Crippen LogP contribution in [-0.4, -0.2) is 24.4 Å². The van der Waals surface area contributed by atoms with Gasteiger partial charge in [-0.05, 0) is 25.2 Å². The minimum absolute atomic E-state index is 0.0758. The molecule has 2 heteroatoms. The molecule has 0 amide bonds. The first-order chi connectivity index (χ1) is 8.33. The number of hydrogen-bond acceptors (Lipinski definition) is 2. The molecule has 2 aliphatic carbocycles. The van der Waals surface area contributed by atoms with Crippen molar-refractivity contribution in [2.75, 3.05) is 13.2 Å². The summed E-state index contributed by atoms with van der Waals surface area (Å²) in [6.45, 7) is 4.43. The van der Waals surface area contributed by atoms with Crippen molar-refractivity contribution in [2.24, 2.45) is 11.8 Å². The number of aliphatic hydroxyl groups excluding tert-OH is 1. The van der Waals surface area contributed by atoms with Crippen molar-refractivity contribution in [1.29, 1.82) is 0 Å². The first-order valence-corrected chi connectivity index (χ1v) is 6.68. The number of ether oxygens (including phenoxy) is 1. The second kappa shape index (κ2) is 6.23. The lowest BCUT2D eigenvalue weighted by Gasteiger charge is -2.29. The highest BCUT2D eigenvalue weighted by atomic mass is 16.5. The van der Waals surface area contributed by atoms with E-state index in [0.29, 0.717) is 24.5 Å². The van der Waals surface area contributed by atoms with Gasteiger partial charge in [-0.3, -0.25) is 0 Å². The molecule has 0 saturated heterocycles. The topological polar surface area (TPSA) is 29.5 Å². The molecule has 2 rings (SSSR count). The van der Waals surface area contributed by atoms with E-state index in [4.69, 9.17) is 9.84 Å². The maximum atomic E-state index is 8.60. The van der Waals surface area contributed by atoms with Gasteiger partial charge in [0, 0.05) is 5.92 Å². The molecule has 1 N–H and O–H groups in total. The average Bonchev–Trinajstić information content (AvgIpc) is 3.07. The molecular weight excluding hydrogens is 212 g/mol. The lowest BCUT2D eigenvalue weighted by molar-refractivity contribution is 0.00609. The molecule has 0 aromatic carbocycles. The van der Waals surface area contributed by atoms with Gasteiger partial charge in [-0.1, -0.05) is 43.3 Å².